The zero-order valence-corrected chi connectivity index (χ0v) is 35.1. The fraction of sp³-hybridized carbons (Fsp3) is 0.164. The summed E-state index contributed by atoms with van der Waals surface area (Å²) < 4.78 is 22.6. The van der Waals surface area contributed by atoms with Gasteiger partial charge >= 0.3 is 11.9 Å². The molecular weight excluding hydrogens is 789 g/mol. The van der Waals surface area contributed by atoms with Crippen LogP contribution in [0, 0.1) is 0 Å². The number of aliphatic hydroxyl groups is 2. The third-order valence-corrected chi connectivity index (χ3v) is 11.8. The molecule has 0 aliphatic heterocycles. The Morgan fingerprint density at radius 3 is 1.24 bits per heavy atom. The Labute approximate surface area is 365 Å². The first-order valence-electron chi connectivity index (χ1n) is 20.9. The molecule has 9 rings (SSSR count). The predicted octanol–water partition coefficient (Wildman–Crippen LogP) is 10.4. The Bertz CT molecular complexity index is 2920. The van der Waals surface area contributed by atoms with E-state index in [-0.39, 0.29) is 37.6 Å². The van der Waals surface area contributed by atoms with E-state index < -0.39 is 29.6 Å². The molecular formula is C55H46O8. The van der Waals surface area contributed by atoms with Crippen LogP contribution in [0.4, 0.5) is 0 Å². The van der Waals surface area contributed by atoms with E-state index in [1.54, 1.807) is 13.8 Å². The molecule has 0 saturated heterocycles. The first kappa shape index (κ1) is 41.1. The summed E-state index contributed by atoms with van der Waals surface area (Å²) in [5.74, 6) is 0.110. The van der Waals surface area contributed by atoms with Crippen molar-refractivity contribution in [2.24, 2.45) is 0 Å². The highest BCUT2D eigenvalue weighted by Gasteiger charge is 2.47. The lowest BCUT2D eigenvalue weighted by Crippen LogP contribution is -2.29. The third-order valence-electron chi connectivity index (χ3n) is 11.8. The highest BCUT2D eigenvalue weighted by atomic mass is 16.6. The fourth-order valence-corrected chi connectivity index (χ4v) is 8.97. The van der Waals surface area contributed by atoms with Gasteiger partial charge in [-0.2, -0.15) is 0 Å². The number of carbonyl (C=O) groups is 2. The zero-order valence-electron chi connectivity index (χ0n) is 35.1. The largest absolute Gasteiger partial charge is 0.490 e. The first-order valence-corrected chi connectivity index (χ1v) is 20.9. The number of esters is 2. The van der Waals surface area contributed by atoms with E-state index in [2.05, 4.69) is 134 Å². The van der Waals surface area contributed by atoms with E-state index >= 15 is 0 Å². The van der Waals surface area contributed by atoms with E-state index in [4.69, 9.17) is 18.9 Å². The molecule has 8 aromatic rings. The second kappa shape index (κ2) is 16.9. The van der Waals surface area contributed by atoms with E-state index in [9.17, 15) is 19.8 Å². The molecule has 2 atom stereocenters. The minimum absolute atomic E-state index is 0.0599. The molecule has 0 aromatic heterocycles. The van der Waals surface area contributed by atoms with E-state index in [0.29, 0.717) is 11.5 Å². The van der Waals surface area contributed by atoms with Crippen LogP contribution in [-0.2, 0) is 24.5 Å². The number of fused-ring (bicyclic) bond motifs is 7. The maximum absolute atomic E-state index is 11.9. The Hall–Kier alpha value is -7.26. The maximum Gasteiger partial charge on any atom is 0.333 e. The normalized spacial score (nSPS) is 13.6. The lowest BCUT2D eigenvalue weighted by molar-refractivity contribution is -0.143. The summed E-state index contributed by atoms with van der Waals surface area (Å²) in [7, 11) is 0. The summed E-state index contributed by atoms with van der Waals surface area (Å²) in [4.78, 5) is 23.8. The van der Waals surface area contributed by atoms with Crippen LogP contribution in [0.3, 0.4) is 0 Å². The number of aliphatic hydroxyl groups excluding tert-OH is 2. The Balaban J connectivity index is 1.18. The second-order valence-corrected chi connectivity index (χ2v) is 16.2. The molecule has 2 N–H and O–H groups in total. The van der Waals surface area contributed by atoms with Crippen molar-refractivity contribution < 1.29 is 38.7 Å². The molecule has 2 unspecified atom stereocenters. The molecule has 0 bridgehead atoms. The Kier molecular flexibility index (Phi) is 11.0. The molecule has 0 amide bonds. The number of hydrogen-bond donors (Lipinski definition) is 2. The van der Waals surface area contributed by atoms with Gasteiger partial charge in [0.25, 0.3) is 0 Å². The average Bonchev–Trinajstić information content (AvgIpc) is 3.59. The summed E-state index contributed by atoms with van der Waals surface area (Å²) in [6.45, 7) is 9.80. The van der Waals surface area contributed by atoms with Gasteiger partial charge in [0.2, 0.25) is 0 Å². The van der Waals surface area contributed by atoms with Gasteiger partial charge in [0.05, 0.1) is 5.41 Å². The van der Waals surface area contributed by atoms with Gasteiger partial charge in [-0.15, -0.1) is 0 Å². The second-order valence-electron chi connectivity index (χ2n) is 16.2. The Morgan fingerprint density at radius 1 is 0.476 bits per heavy atom. The van der Waals surface area contributed by atoms with Crippen LogP contribution in [0.5, 0.6) is 11.5 Å². The van der Waals surface area contributed by atoms with Gasteiger partial charge in [0.1, 0.15) is 50.1 Å². The summed E-state index contributed by atoms with van der Waals surface area (Å²) in [6.07, 6.45) is -2.04. The van der Waals surface area contributed by atoms with Crippen molar-refractivity contribution in [2.45, 2.75) is 31.5 Å². The molecule has 0 heterocycles. The molecule has 8 heteroatoms. The van der Waals surface area contributed by atoms with Crippen molar-refractivity contribution in [3.8, 4) is 22.6 Å². The molecule has 0 spiro atoms. The molecule has 1 aliphatic rings. The number of rotatable bonds is 14. The van der Waals surface area contributed by atoms with Gasteiger partial charge in [-0.1, -0.05) is 122 Å². The van der Waals surface area contributed by atoms with E-state index in [1.807, 2.05) is 24.3 Å². The van der Waals surface area contributed by atoms with Crippen molar-refractivity contribution in [1.29, 1.82) is 0 Å². The highest BCUT2D eigenvalue weighted by Crippen LogP contribution is 2.58. The lowest BCUT2D eigenvalue weighted by atomic mass is 9.65. The molecule has 8 aromatic carbocycles. The molecule has 0 radical (unpaired) electrons. The van der Waals surface area contributed by atoms with Gasteiger partial charge in [-0.05, 0) is 116 Å². The van der Waals surface area contributed by atoms with Crippen LogP contribution in [0.25, 0.3) is 54.2 Å². The molecule has 314 valence electrons. The Morgan fingerprint density at radius 2 is 0.825 bits per heavy atom. The fourth-order valence-electron chi connectivity index (χ4n) is 8.97. The van der Waals surface area contributed by atoms with Gasteiger partial charge in [-0.25, -0.2) is 9.59 Å². The zero-order chi connectivity index (χ0) is 43.8. The summed E-state index contributed by atoms with van der Waals surface area (Å²) in [6, 6.07) is 51.0. The minimum Gasteiger partial charge on any atom is -0.490 e. The van der Waals surface area contributed by atoms with Crippen molar-refractivity contribution >= 4 is 55.0 Å². The molecule has 1 aliphatic carbocycles. The number of benzene rings is 8. The average molecular weight is 835 g/mol. The van der Waals surface area contributed by atoms with Crippen LogP contribution in [0.1, 0.15) is 36.1 Å². The standard InChI is InChI=1S/C55H46O8/c1-33(2)53(58)62-31-39(56)29-60-51-23-11-15-37-25-43-35(27-45(37)51)13-9-21-49(43)55(47-19-7-5-17-41(47)42-18-6-8-20-48(42)55)50-22-10-14-36-28-46-38(26-44(36)50)16-12-24-52(46)61-30-40(57)32-63-54(59)34(3)4/h5-28,39-40,56-57H,1,3,29-32H2,2,4H3. The van der Waals surface area contributed by atoms with Crippen LogP contribution in [0.2, 0.25) is 0 Å². The number of ether oxygens (including phenoxy) is 4. The summed E-state index contributed by atoms with van der Waals surface area (Å²) in [5, 5.41) is 29.2. The van der Waals surface area contributed by atoms with Gasteiger partial charge < -0.3 is 29.2 Å². The maximum atomic E-state index is 11.9. The third kappa shape index (κ3) is 7.47. The van der Waals surface area contributed by atoms with Crippen molar-refractivity contribution in [2.75, 3.05) is 26.4 Å². The van der Waals surface area contributed by atoms with Crippen LogP contribution in [-0.4, -0.2) is 60.8 Å². The topological polar surface area (TPSA) is 112 Å². The monoisotopic (exact) mass is 834 g/mol. The molecule has 0 fully saturated rings. The smallest absolute Gasteiger partial charge is 0.333 e. The number of hydrogen-bond acceptors (Lipinski definition) is 8. The SMILES string of the molecule is C=C(C)C(=O)OCC(O)COc1cccc2cc3c(C4(c5cccc6cc7c(OCC(O)COC(=O)C(=C)C)cccc7cc56)c5ccccc5-c5ccccc54)cccc3cc12. The van der Waals surface area contributed by atoms with Crippen LogP contribution < -0.4 is 9.47 Å². The predicted molar refractivity (Wildman–Crippen MR) is 248 cm³/mol. The molecule has 63 heavy (non-hydrogen) atoms. The van der Waals surface area contributed by atoms with Crippen molar-refractivity contribution in [3.05, 3.63) is 192 Å². The van der Waals surface area contributed by atoms with E-state index in [1.165, 1.54) is 22.3 Å². The highest BCUT2D eigenvalue weighted by molar-refractivity contribution is 6.07. The van der Waals surface area contributed by atoms with Crippen LogP contribution in [0.15, 0.2) is 170 Å². The molecule has 0 saturated carbocycles. The summed E-state index contributed by atoms with van der Waals surface area (Å²) >= 11 is 0. The minimum atomic E-state index is -1.02. The van der Waals surface area contributed by atoms with Crippen LogP contribution >= 0.6 is 0 Å². The van der Waals surface area contributed by atoms with Gasteiger partial charge in [0, 0.05) is 21.9 Å². The van der Waals surface area contributed by atoms with E-state index in [0.717, 1.165) is 54.2 Å². The first-order chi connectivity index (χ1) is 30.5. The van der Waals surface area contributed by atoms with Gasteiger partial charge in [-0.3, -0.25) is 0 Å². The molecule has 8 nitrogen and oxygen atoms in total. The van der Waals surface area contributed by atoms with Crippen molar-refractivity contribution in [3.63, 3.8) is 0 Å². The summed E-state index contributed by atoms with van der Waals surface area (Å²) in [5.41, 5.74) is 6.77. The quantitative estimate of drug-likeness (QED) is 0.0633. The van der Waals surface area contributed by atoms with Crippen molar-refractivity contribution in [1.82, 2.24) is 0 Å². The lowest BCUT2D eigenvalue weighted by Gasteiger charge is -2.36. The van der Waals surface area contributed by atoms with Gasteiger partial charge in [0.15, 0.2) is 0 Å². The number of carbonyl (C=O) groups excluding carboxylic acids is 2.